The summed E-state index contributed by atoms with van der Waals surface area (Å²) in [5, 5.41) is 10.2. The Balaban J connectivity index is 2.16. The van der Waals surface area contributed by atoms with E-state index in [1.165, 1.54) is 23.6 Å². The van der Waals surface area contributed by atoms with Crippen LogP contribution < -0.4 is 0 Å². The predicted octanol–water partition coefficient (Wildman–Crippen LogP) is 2.29. The summed E-state index contributed by atoms with van der Waals surface area (Å²) in [6.45, 7) is 0. The van der Waals surface area contributed by atoms with E-state index in [4.69, 9.17) is 5.11 Å². The van der Waals surface area contributed by atoms with Crippen LogP contribution in [0.15, 0.2) is 34.5 Å². The molecule has 0 saturated carbocycles. The number of aromatic nitrogens is 1. The zero-order valence-electron chi connectivity index (χ0n) is 9.00. The minimum atomic E-state index is -1.57. The van der Waals surface area contributed by atoms with Crippen molar-refractivity contribution in [2.24, 2.45) is 0 Å². The first-order chi connectivity index (χ1) is 8.58. The second-order valence-corrected chi connectivity index (χ2v) is 5.65. The number of halogens is 1. The number of carbonyl (C=O) groups is 1. The van der Waals surface area contributed by atoms with Gasteiger partial charge in [-0.1, -0.05) is 12.1 Å². The van der Waals surface area contributed by atoms with E-state index in [2.05, 4.69) is 4.98 Å². The summed E-state index contributed by atoms with van der Waals surface area (Å²) in [4.78, 5) is 14.5. The fourth-order valence-corrected chi connectivity index (χ4v) is 3.16. The molecule has 1 heterocycles. The number of carboxylic acid groups (broad SMARTS) is 1. The topological polar surface area (TPSA) is 67.3 Å². The van der Waals surface area contributed by atoms with E-state index in [1.54, 1.807) is 6.07 Å². The van der Waals surface area contributed by atoms with E-state index >= 15 is 0 Å². The molecule has 0 aliphatic rings. The molecule has 1 atom stereocenters. The standard InChI is InChI=1S/C11H8FNO3S2/c12-8-3-1-2-4-9(8)18(16)6-7-5-17-10(13-7)11(14)15/h1-5H,6H2,(H,14,15). The Morgan fingerprint density at radius 3 is 2.78 bits per heavy atom. The van der Waals surface area contributed by atoms with Gasteiger partial charge in [-0.25, -0.2) is 14.2 Å². The molecule has 0 fully saturated rings. The van der Waals surface area contributed by atoms with Crippen molar-refractivity contribution >= 4 is 28.1 Å². The summed E-state index contributed by atoms with van der Waals surface area (Å²) in [7, 11) is -1.57. The van der Waals surface area contributed by atoms with Gasteiger partial charge in [0.25, 0.3) is 0 Å². The molecule has 7 heteroatoms. The summed E-state index contributed by atoms with van der Waals surface area (Å²) in [5.41, 5.74) is 0.388. The number of hydrogen-bond acceptors (Lipinski definition) is 4. The van der Waals surface area contributed by atoms with Crippen LogP contribution in [0.1, 0.15) is 15.5 Å². The average Bonchev–Trinajstić information content (AvgIpc) is 2.78. The van der Waals surface area contributed by atoms with E-state index in [9.17, 15) is 13.4 Å². The lowest BCUT2D eigenvalue weighted by molar-refractivity contribution is 0.0696. The van der Waals surface area contributed by atoms with Crippen molar-refractivity contribution in [1.82, 2.24) is 4.98 Å². The van der Waals surface area contributed by atoms with Crippen LogP contribution in [-0.2, 0) is 16.6 Å². The van der Waals surface area contributed by atoms with Crippen LogP contribution >= 0.6 is 11.3 Å². The van der Waals surface area contributed by atoms with Crippen molar-refractivity contribution in [3.05, 3.63) is 46.2 Å². The Kier molecular flexibility index (Phi) is 3.83. The first kappa shape index (κ1) is 12.8. The highest BCUT2D eigenvalue weighted by Gasteiger charge is 2.14. The van der Waals surface area contributed by atoms with Crippen molar-refractivity contribution in [2.45, 2.75) is 10.6 Å². The van der Waals surface area contributed by atoms with Gasteiger partial charge in [0.15, 0.2) is 0 Å². The second-order valence-electron chi connectivity index (χ2n) is 3.37. The highest BCUT2D eigenvalue weighted by atomic mass is 32.2. The molecule has 1 N–H and O–H groups in total. The van der Waals surface area contributed by atoms with Crippen molar-refractivity contribution in [3.8, 4) is 0 Å². The van der Waals surface area contributed by atoms with Crippen LogP contribution in [0.2, 0.25) is 0 Å². The fraction of sp³-hybridized carbons (Fsp3) is 0.0909. The molecule has 18 heavy (non-hydrogen) atoms. The average molecular weight is 285 g/mol. The van der Waals surface area contributed by atoms with Crippen molar-refractivity contribution in [2.75, 3.05) is 0 Å². The molecule has 0 aliphatic carbocycles. The summed E-state index contributed by atoms with van der Waals surface area (Å²) < 4.78 is 25.3. The molecule has 0 aliphatic heterocycles. The maximum atomic E-state index is 13.4. The smallest absolute Gasteiger partial charge is 0.365 e. The Bertz CT molecular complexity index is 612. The van der Waals surface area contributed by atoms with E-state index in [1.807, 2.05) is 0 Å². The van der Waals surface area contributed by atoms with Crippen LogP contribution in [0.3, 0.4) is 0 Å². The van der Waals surface area contributed by atoms with Crippen molar-refractivity contribution < 1.29 is 18.5 Å². The monoisotopic (exact) mass is 285 g/mol. The van der Waals surface area contributed by atoms with Gasteiger partial charge in [0.2, 0.25) is 5.01 Å². The third-order valence-electron chi connectivity index (χ3n) is 2.10. The van der Waals surface area contributed by atoms with Crippen LogP contribution in [0.4, 0.5) is 4.39 Å². The lowest BCUT2D eigenvalue weighted by Crippen LogP contribution is -2.01. The van der Waals surface area contributed by atoms with Gasteiger partial charge in [0, 0.05) is 5.38 Å². The van der Waals surface area contributed by atoms with E-state index < -0.39 is 22.6 Å². The van der Waals surface area contributed by atoms with Crippen LogP contribution in [0, 0.1) is 5.82 Å². The molecular formula is C11H8FNO3S2. The van der Waals surface area contributed by atoms with Gasteiger partial charge in [-0.05, 0) is 12.1 Å². The minimum absolute atomic E-state index is 0.00468. The number of hydrogen-bond donors (Lipinski definition) is 1. The predicted molar refractivity (Wildman–Crippen MR) is 65.6 cm³/mol. The lowest BCUT2D eigenvalue weighted by Gasteiger charge is -2.01. The SMILES string of the molecule is O=C(O)c1nc(CS(=O)c2ccccc2F)cs1. The van der Waals surface area contributed by atoms with Gasteiger partial charge in [0.1, 0.15) is 5.82 Å². The number of rotatable bonds is 4. The first-order valence-electron chi connectivity index (χ1n) is 4.88. The molecule has 1 aromatic carbocycles. The third kappa shape index (κ3) is 2.80. The number of nitrogens with zero attached hydrogens (tertiary/aromatic N) is 1. The van der Waals surface area contributed by atoms with Crippen molar-refractivity contribution in [3.63, 3.8) is 0 Å². The maximum absolute atomic E-state index is 13.4. The quantitative estimate of drug-likeness (QED) is 0.936. The number of aromatic carboxylic acids is 1. The summed E-state index contributed by atoms with van der Waals surface area (Å²) in [5.74, 6) is -1.66. The van der Waals surface area contributed by atoms with E-state index in [-0.39, 0.29) is 15.7 Å². The molecule has 0 bridgehead atoms. The van der Waals surface area contributed by atoms with Gasteiger partial charge >= 0.3 is 5.97 Å². The van der Waals surface area contributed by atoms with Crippen molar-refractivity contribution in [1.29, 1.82) is 0 Å². The molecule has 2 rings (SSSR count). The van der Waals surface area contributed by atoms with Crippen LogP contribution in [0.25, 0.3) is 0 Å². The molecule has 1 unspecified atom stereocenters. The van der Waals surface area contributed by atoms with Gasteiger partial charge in [-0.2, -0.15) is 0 Å². The lowest BCUT2D eigenvalue weighted by atomic mass is 10.3. The minimum Gasteiger partial charge on any atom is -0.476 e. The van der Waals surface area contributed by atoms with Gasteiger partial charge in [0.05, 0.1) is 27.1 Å². The zero-order valence-corrected chi connectivity index (χ0v) is 10.6. The molecule has 4 nitrogen and oxygen atoms in total. The highest BCUT2D eigenvalue weighted by Crippen LogP contribution is 2.17. The number of carboxylic acids is 1. The summed E-state index contributed by atoms with van der Waals surface area (Å²) in [6.07, 6.45) is 0. The van der Waals surface area contributed by atoms with E-state index in [0.717, 1.165) is 11.3 Å². The normalized spacial score (nSPS) is 12.3. The Hall–Kier alpha value is -1.60. The Morgan fingerprint density at radius 1 is 1.44 bits per heavy atom. The molecule has 1 aromatic heterocycles. The largest absolute Gasteiger partial charge is 0.476 e. The van der Waals surface area contributed by atoms with Gasteiger partial charge in [-0.3, -0.25) is 4.21 Å². The first-order valence-corrected chi connectivity index (χ1v) is 7.08. The maximum Gasteiger partial charge on any atom is 0.365 e. The molecule has 2 aromatic rings. The molecule has 0 amide bonds. The number of benzene rings is 1. The molecule has 0 radical (unpaired) electrons. The summed E-state index contributed by atoms with van der Waals surface area (Å²) >= 11 is 0.960. The Labute approximate surface area is 109 Å². The fourth-order valence-electron chi connectivity index (χ4n) is 1.31. The van der Waals surface area contributed by atoms with Gasteiger partial charge in [-0.15, -0.1) is 11.3 Å². The Morgan fingerprint density at radius 2 is 2.17 bits per heavy atom. The van der Waals surface area contributed by atoms with Crippen LogP contribution in [0.5, 0.6) is 0 Å². The third-order valence-corrected chi connectivity index (χ3v) is 4.35. The zero-order chi connectivity index (χ0) is 13.1. The highest BCUT2D eigenvalue weighted by molar-refractivity contribution is 7.84. The van der Waals surface area contributed by atoms with E-state index in [0.29, 0.717) is 5.69 Å². The molecule has 94 valence electrons. The summed E-state index contributed by atoms with van der Waals surface area (Å²) in [6, 6.07) is 5.79. The van der Waals surface area contributed by atoms with Gasteiger partial charge < -0.3 is 5.11 Å². The number of thiazole rings is 1. The molecular weight excluding hydrogens is 277 g/mol. The second kappa shape index (κ2) is 5.36. The molecule has 0 spiro atoms. The molecule has 0 saturated heterocycles. The van der Waals surface area contributed by atoms with Crippen LogP contribution in [-0.4, -0.2) is 20.3 Å².